The van der Waals surface area contributed by atoms with Crippen LogP contribution in [0.25, 0.3) is 61.6 Å². The second-order valence-corrected chi connectivity index (χ2v) is 15.3. The Morgan fingerprint density at radius 1 is 0.754 bits per heavy atom. The van der Waals surface area contributed by atoms with Crippen molar-refractivity contribution in [2.45, 2.75) is 45.4 Å². The van der Waals surface area contributed by atoms with Crippen LogP contribution in [0.2, 0.25) is 0 Å². The number of fused-ring (bicyclic) bond motifs is 3. The molecule has 0 saturated heterocycles. The van der Waals surface area contributed by atoms with Crippen LogP contribution in [0.1, 0.15) is 43.0 Å². The van der Waals surface area contributed by atoms with Gasteiger partial charge >= 0.3 is 0 Å². The van der Waals surface area contributed by atoms with E-state index in [1.54, 1.807) is 50.1 Å². The monoisotopic (exact) mass is 752 g/mol. The standard InChI is InChI=1S/C45H40N10O2/c1-29-37-14-8-15-39(35-12-10-18-54-41(35)21-40(51(54)5)30-11-9-16-47-23-30)55(37)50-42(29)31-19-33(25-48-24-31)45(4,57)28-52-26-32(20-34(27-52)44(2,3)56)43-36(22-46)38-13-6-7-17-53(38)49-43/h6-21,23-27,56-57H,28H2,1-5H3/q+2. The van der Waals surface area contributed by atoms with E-state index in [1.165, 1.54) is 0 Å². The normalized spacial score (nSPS) is 13.0. The van der Waals surface area contributed by atoms with E-state index in [1.807, 2.05) is 83.4 Å². The predicted octanol–water partition coefficient (Wildman–Crippen LogP) is 6.12. The van der Waals surface area contributed by atoms with E-state index in [-0.39, 0.29) is 6.54 Å². The summed E-state index contributed by atoms with van der Waals surface area (Å²) in [5.41, 5.74) is 9.37. The molecule has 280 valence electrons. The van der Waals surface area contributed by atoms with Crippen molar-refractivity contribution in [1.29, 1.82) is 5.26 Å². The minimum Gasteiger partial charge on any atom is -0.386 e. The van der Waals surface area contributed by atoms with Crippen LogP contribution in [0.5, 0.6) is 0 Å². The van der Waals surface area contributed by atoms with Crippen molar-refractivity contribution in [2.75, 3.05) is 0 Å². The minimum atomic E-state index is -1.40. The summed E-state index contributed by atoms with van der Waals surface area (Å²) in [6.07, 6.45) is 14.6. The summed E-state index contributed by atoms with van der Waals surface area (Å²) in [5, 5.41) is 43.3. The van der Waals surface area contributed by atoms with Crippen molar-refractivity contribution in [1.82, 2.24) is 33.7 Å². The first-order valence-corrected chi connectivity index (χ1v) is 18.6. The Balaban J connectivity index is 1.09. The molecule has 1 atom stereocenters. The van der Waals surface area contributed by atoms with Gasteiger partial charge < -0.3 is 10.2 Å². The molecule has 9 aromatic rings. The summed E-state index contributed by atoms with van der Waals surface area (Å²) in [5.74, 6) is 0. The zero-order valence-electron chi connectivity index (χ0n) is 32.2. The molecule has 2 N–H and O–H groups in total. The summed E-state index contributed by atoms with van der Waals surface area (Å²) in [6.45, 7) is 7.34. The lowest BCUT2D eigenvalue weighted by Crippen LogP contribution is -2.45. The smallest absolute Gasteiger partial charge is 0.240 e. The molecule has 57 heavy (non-hydrogen) atoms. The second kappa shape index (κ2) is 13.3. The third-order valence-electron chi connectivity index (χ3n) is 10.8. The molecular formula is C45H40N10O2+2. The highest BCUT2D eigenvalue weighted by Crippen LogP contribution is 2.34. The van der Waals surface area contributed by atoms with Gasteiger partial charge in [-0.3, -0.25) is 9.97 Å². The van der Waals surface area contributed by atoms with E-state index in [0.717, 1.165) is 50.4 Å². The largest absolute Gasteiger partial charge is 0.386 e. The summed E-state index contributed by atoms with van der Waals surface area (Å²) in [7, 11) is 2.04. The first-order chi connectivity index (χ1) is 27.4. The molecule has 0 fully saturated rings. The van der Waals surface area contributed by atoms with E-state index < -0.39 is 11.2 Å². The molecule has 0 saturated carbocycles. The molecule has 1 unspecified atom stereocenters. The highest BCUT2D eigenvalue weighted by molar-refractivity contribution is 5.83. The zero-order chi connectivity index (χ0) is 39.6. The molecule has 0 bridgehead atoms. The van der Waals surface area contributed by atoms with Crippen molar-refractivity contribution in [3.05, 3.63) is 151 Å². The van der Waals surface area contributed by atoms with Crippen LogP contribution in [0, 0.1) is 18.3 Å². The molecule has 0 amide bonds. The van der Waals surface area contributed by atoms with Crippen molar-refractivity contribution in [3.63, 3.8) is 0 Å². The maximum atomic E-state index is 12.2. The first kappa shape index (κ1) is 35.6. The van der Waals surface area contributed by atoms with Gasteiger partial charge in [0.15, 0.2) is 26.0 Å². The van der Waals surface area contributed by atoms with Gasteiger partial charge in [-0.05, 0) is 88.4 Å². The zero-order valence-corrected chi connectivity index (χ0v) is 32.2. The van der Waals surface area contributed by atoms with Crippen molar-refractivity contribution in [3.8, 4) is 51.1 Å². The fourth-order valence-electron chi connectivity index (χ4n) is 7.74. The molecule has 0 aliphatic heterocycles. The highest BCUT2D eigenvalue weighted by atomic mass is 16.3. The van der Waals surface area contributed by atoms with Crippen LogP contribution in [0.15, 0.2) is 128 Å². The van der Waals surface area contributed by atoms with Crippen LogP contribution in [0.4, 0.5) is 0 Å². The molecule has 0 radical (unpaired) electrons. The number of nitrogens with zero attached hydrogens (tertiary/aromatic N) is 10. The number of nitriles is 1. The summed E-state index contributed by atoms with van der Waals surface area (Å²) in [6, 6.07) is 28.2. The molecule has 0 aliphatic carbocycles. The van der Waals surface area contributed by atoms with Crippen LogP contribution in [0.3, 0.4) is 0 Å². The lowest BCUT2D eigenvalue weighted by atomic mass is 9.94. The Bertz CT molecular complexity index is 3050. The van der Waals surface area contributed by atoms with E-state index in [0.29, 0.717) is 33.5 Å². The SMILES string of the molecule is Cc1c(-c2cncc(C(C)(O)C[n+]3cc(-c4nn5ccccc5c4C#N)cc(C(C)(C)O)c3)c2)nn2c(-c3cccn4c3cc(-c3cccnc3)[n+]4C)cccc12. The highest BCUT2D eigenvalue weighted by Gasteiger charge is 2.32. The first-order valence-electron chi connectivity index (χ1n) is 18.6. The third kappa shape index (κ3) is 6.10. The Kier molecular flexibility index (Phi) is 8.31. The van der Waals surface area contributed by atoms with Crippen molar-refractivity contribution in [2.24, 2.45) is 7.05 Å². The molecule has 9 rings (SSSR count). The Labute approximate surface area is 328 Å². The number of pyridine rings is 6. The average molecular weight is 753 g/mol. The van der Waals surface area contributed by atoms with Crippen molar-refractivity contribution < 1.29 is 19.5 Å². The van der Waals surface area contributed by atoms with Gasteiger partial charge in [-0.25, -0.2) is 13.6 Å². The number of rotatable bonds is 8. The molecule has 9 heterocycles. The van der Waals surface area contributed by atoms with Crippen LogP contribution in [-0.4, -0.2) is 43.9 Å². The second-order valence-electron chi connectivity index (χ2n) is 15.3. The molecule has 9 aromatic heterocycles. The van der Waals surface area contributed by atoms with E-state index >= 15 is 0 Å². The minimum absolute atomic E-state index is 0.123. The van der Waals surface area contributed by atoms with Gasteiger partial charge in [0.05, 0.1) is 45.3 Å². The van der Waals surface area contributed by atoms with Gasteiger partial charge in [-0.1, -0.05) is 12.1 Å². The Hall–Kier alpha value is -7.07. The lowest BCUT2D eigenvalue weighted by Gasteiger charge is -2.22. The number of aromatic nitrogens is 9. The summed E-state index contributed by atoms with van der Waals surface area (Å²) in [4.78, 5) is 8.93. The summed E-state index contributed by atoms with van der Waals surface area (Å²) >= 11 is 0. The fourth-order valence-corrected chi connectivity index (χ4v) is 7.74. The van der Waals surface area contributed by atoms with Crippen molar-refractivity contribution >= 4 is 16.6 Å². The quantitative estimate of drug-likeness (QED) is 0.179. The predicted molar refractivity (Wildman–Crippen MR) is 214 cm³/mol. The fraction of sp³-hybridized carbons (Fsp3) is 0.178. The number of hydrogen-bond donors (Lipinski definition) is 2. The van der Waals surface area contributed by atoms with Gasteiger partial charge in [0.1, 0.15) is 28.4 Å². The van der Waals surface area contributed by atoms with Gasteiger partial charge in [0.2, 0.25) is 5.69 Å². The summed E-state index contributed by atoms with van der Waals surface area (Å²) < 4.78 is 9.73. The number of aryl methyl sites for hydroxylation is 2. The van der Waals surface area contributed by atoms with Gasteiger partial charge in [0, 0.05) is 64.9 Å². The number of aliphatic hydroxyl groups is 2. The van der Waals surface area contributed by atoms with E-state index in [9.17, 15) is 15.5 Å². The number of hydrogen-bond acceptors (Lipinski definition) is 7. The lowest BCUT2D eigenvalue weighted by molar-refractivity contribution is -0.727. The molecule has 0 aliphatic rings. The third-order valence-corrected chi connectivity index (χ3v) is 10.8. The molecular weight excluding hydrogens is 713 g/mol. The van der Waals surface area contributed by atoms with E-state index in [2.05, 4.69) is 68.6 Å². The Morgan fingerprint density at radius 2 is 1.56 bits per heavy atom. The molecule has 12 nitrogen and oxygen atoms in total. The maximum absolute atomic E-state index is 12.2. The van der Waals surface area contributed by atoms with Crippen LogP contribution >= 0.6 is 0 Å². The average Bonchev–Trinajstić information content (AvgIpc) is 3.88. The van der Waals surface area contributed by atoms with Crippen LogP contribution in [-0.2, 0) is 24.8 Å². The van der Waals surface area contributed by atoms with Gasteiger partial charge in [-0.2, -0.15) is 15.5 Å². The molecule has 12 heteroatoms. The topological polar surface area (TPSA) is 137 Å². The van der Waals surface area contributed by atoms with Crippen LogP contribution < -0.4 is 9.25 Å². The van der Waals surface area contributed by atoms with E-state index in [4.69, 9.17) is 10.2 Å². The molecule has 0 aromatic carbocycles. The Morgan fingerprint density at radius 3 is 2.35 bits per heavy atom. The maximum Gasteiger partial charge on any atom is 0.240 e. The molecule has 0 spiro atoms. The van der Waals surface area contributed by atoms with Gasteiger partial charge in [0.25, 0.3) is 0 Å². The van der Waals surface area contributed by atoms with Gasteiger partial charge in [-0.15, -0.1) is 9.20 Å².